The van der Waals surface area contributed by atoms with Gasteiger partial charge in [0.25, 0.3) is 11.6 Å². The number of nitro benzene ring substituents is 1. The fourth-order valence-electron chi connectivity index (χ4n) is 2.33. The molecule has 0 aromatic heterocycles. The molecule has 0 saturated heterocycles. The second-order valence-corrected chi connectivity index (χ2v) is 4.59. The number of benzene rings is 1. The summed E-state index contributed by atoms with van der Waals surface area (Å²) < 4.78 is 0. The third-order valence-corrected chi connectivity index (χ3v) is 3.53. The second kappa shape index (κ2) is 6.88. The van der Waals surface area contributed by atoms with Crippen LogP contribution in [-0.4, -0.2) is 35.9 Å². The molecule has 1 amide bonds. The van der Waals surface area contributed by atoms with Crippen molar-refractivity contribution in [2.45, 2.75) is 32.7 Å². The normalized spacial score (nSPS) is 10.4. The maximum atomic E-state index is 12.5. The molecule has 1 N–H and O–H groups in total. The van der Waals surface area contributed by atoms with E-state index in [0.717, 1.165) is 12.8 Å². The van der Waals surface area contributed by atoms with Crippen molar-refractivity contribution in [3.05, 3.63) is 33.9 Å². The summed E-state index contributed by atoms with van der Waals surface area (Å²) in [6, 6.07) is 4.67. The van der Waals surface area contributed by atoms with Gasteiger partial charge in [-0.3, -0.25) is 14.9 Å². The molecule has 0 unspecified atom stereocenters. The molecule has 6 nitrogen and oxygen atoms in total. The maximum Gasteiger partial charge on any atom is 0.293 e. The number of para-hydroxylation sites is 1. The number of nitro groups is 1. The standard InChI is InChI=1S/C14H21N3O3/c1-5-10(6-2)16(4)14(18)11-8-7-9-12(17(19)20)13(11)15-3/h7-10,15H,5-6H2,1-4H3. The molecular formula is C14H21N3O3. The van der Waals surface area contributed by atoms with Crippen LogP contribution in [0.1, 0.15) is 37.0 Å². The van der Waals surface area contributed by atoms with Gasteiger partial charge in [-0.25, -0.2) is 0 Å². The SMILES string of the molecule is CCC(CC)N(C)C(=O)c1cccc([N+](=O)[O-])c1NC. The maximum absolute atomic E-state index is 12.5. The Labute approximate surface area is 118 Å². The van der Waals surface area contributed by atoms with Crippen molar-refractivity contribution in [1.82, 2.24) is 4.90 Å². The Balaban J connectivity index is 3.22. The Bertz CT molecular complexity index is 498. The van der Waals surface area contributed by atoms with Gasteiger partial charge in [0.05, 0.1) is 10.5 Å². The highest BCUT2D eigenvalue weighted by atomic mass is 16.6. The topological polar surface area (TPSA) is 75.5 Å². The summed E-state index contributed by atoms with van der Waals surface area (Å²) in [5.74, 6) is -0.202. The van der Waals surface area contributed by atoms with Gasteiger partial charge in [0.15, 0.2) is 0 Å². The lowest BCUT2D eigenvalue weighted by molar-refractivity contribution is -0.384. The number of hydrogen-bond donors (Lipinski definition) is 1. The predicted molar refractivity (Wildman–Crippen MR) is 79.1 cm³/mol. The van der Waals surface area contributed by atoms with Crippen LogP contribution < -0.4 is 5.32 Å². The Morgan fingerprint density at radius 1 is 1.40 bits per heavy atom. The Kier molecular flexibility index (Phi) is 5.49. The number of hydrogen-bond acceptors (Lipinski definition) is 4. The molecule has 0 saturated carbocycles. The lowest BCUT2D eigenvalue weighted by Crippen LogP contribution is -2.36. The zero-order valence-corrected chi connectivity index (χ0v) is 12.3. The average molecular weight is 279 g/mol. The summed E-state index contributed by atoms with van der Waals surface area (Å²) in [4.78, 5) is 24.7. The van der Waals surface area contributed by atoms with E-state index in [4.69, 9.17) is 0 Å². The molecule has 0 fully saturated rings. The van der Waals surface area contributed by atoms with Gasteiger partial charge in [-0.15, -0.1) is 0 Å². The zero-order valence-electron chi connectivity index (χ0n) is 12.3. The van der Waals surface area contributed by atoms with Crippen LogP contribution >= 0.6 is 0 Å². The smallest absolute Gasteiger partial charge is 0.293 e. The van der Waals surface area contributed by atoms with Crippen LogP contribution in [0, 0.1) is 10.1 Å². The molecule has 110 valence electrons. The van der Waals surface area contributed by atoms with Gasteiger partial charge >= 0.3 is 0 Å². The minimum absolute atomic E-state index is 0.0868. The van der Waals surface area contributed by atoms with Gasteiger partial charge in [0.2, 0.25) is 0 Å². The molecule has 0 atom stereocenters. The molecule has 0 aliphatic heterocycles. The predicted octanol–water partition coefficient (Wildman–Crippen LogP) is 2.90. The number of anilines is 1. The molecule has 0 aliphatic carbocycles. The molecule has 0 bridgehead atoms. The molecular weight excluding hydrogens is 258 g/mol. The number of nitrogens with one attached hydrogen (secondary N) is 1. The summed E-state index contributed by atoms with van der Waals surface area (Å²) >= 11 is 0. The van der Waals surface area contributed by atoms with Crippen molar-refractivity contribution in [2.75, 3.05) is 19.4 Å². The minimum atomic E-state index is -0.486. The fraction of sp³-hybridized carbons (Fsp3) is 0.500. The third-order valence-electron chi connectivity index (χ3n) is 3.53. The number of carbonyl (C=O) groups excluding carboxylic acids is 1. The Morgan fingerprint density at radius 3 is 2.45 bits per heavy atom. The van der Waals surface area contributed by atoms with Gasteiger partial charge < -0.3 is 10.2 Å². The van der Waals surface area contributed by atoms with Crippen LogP contribution in [0.4, 0.5) is 11.4 Å². The Hall–Kier alpha value is -2.11. The average Bonchev–Trinajstić information content (AvgIpc) is 2.46. The third kappa shape index (κ3) is 3.07. The van der Waals surface area contributed by atoms with Crippen molar-refractivity contribution >= 4 is 17.3 Å². The van der Waals surface area contributed by atoms with Crippen LogP contribution in [0.2, 0.25) is 0 Å². The first-order valence-corrected chi connectivity index (χ1v) is 6.70. The molecule has 20 heavy (non-hydrogen) atoms. The highest BCUT2D eigenvalue weighted by Gasteiger charge is 2.25. The van der Waals surface area contributed by atoms with E-state index in [1.165, 1.54) is 12.1 Å². The van der Waals surface area contributed by atoms with Gasteiger partial charge in [-0.05, 0) is 18.9 Å². The summed E-state index contributed by atoms with van der Waals surface area (Å²) in [7, 11) is 3.31. The molecule has 1 aromatic carbocycles. The van der Waals surface area contributed by atoms with Crippen LogP contribution in [0.15, 0.2) is 18.2 Å². The highest BCUT2D eigenvalue weighted by molar-refractivity contribution is 6.01. The van der Waals surface area contributed by atoms with Crippen LogP contribution in [-0.2, 0) is 0 Å². The molecule has 0 heterocycles. The zero-order chi connectivity index (χ0) is 15.3. The molecule has 0 aliphatic rings. The first-order valence-electron chi connectivity index (χ1n) is 6.70. The second-order valence-electron chi connectivity index (χ2n) is 4.59. The Morgan fingerprint density at radius 2 is 2.00 bits per heavy atom. The van der Waals surface area contributed by atoms with E-state index in [1.54, 1.807) is 25.1 Å². The fourth-order valence-corrected chi connectivity index (χ4v) is 2.33. The van der Waals surface area contributed by atoms with Crippen LogP contribution in [0.3, 0.4) is 0 Å². The first kappa shape index (κ1) is 15.9. The van der Waals surface area contributed by atoms with Gasteiger partial charge in [-0.1, -0.05) is 19.9 Å². The molecule has 6 heteroatoms. The van der Waals surface area contributed by atoms with Gasteiger partial charge in [0, 0.05) is 26.2 Å². The van der Waals surface area contributed by atoms with E-state index in [0.29, 0.717) is 5.56 Å². The van der Waals surface area contributed by atoms with E-state index >= 15 is 0 Å². The number of amides is 1. The van der Waals surface area contributed by atoms with Crippen molar-refractivity contribution < 1.29 is 9.72 Å². The lowest BCUT2D eigenvalue weighted by Gasteiger charge is -2.27. The van der Waals surface area contributed by atoms with E-state index in [-0.39, 0.29) is 23.3 Å². The molecule has 0 spiro atoms. The first-order chi connectivity index (χ1) is 9.47. The summed E-state index contributed by atoms with van der Waals surface area (Å²) in [5.41, 5.74) is 0.507. The number of nitrogens with zero attached hydrogens (tertiary/aromatic N) is 2. The van der Waals surface area contributed by atoms with E-state index in [9.17, 15) is 14.9 Å². The number of carbonyl (C=O) groups is 1. The van der Waals surface area contributed by atoms with Gasteiger partial charge in [0.1, 0.15) is 5.69 Å². The van der Waals surface area contributed by atoms with E-state index in [1.807, 2.05) is 13.8 Å². The molecule has 1 aromatic rings. The quantitative estimate of drug-likeness (QED) is 0.641. The van der Waals surface area contributed by atoms with Crippen molar-refractivity contribution in [3.8, 4) is 0 Å². The van der Waals surface area contributed by atoms with Crippen molar-refractivity contribution in [2.24, 2.45) is 0 Å². The van der Waals surface area contributed by atoms with E-state index in [2.05, 4.69) is 5.32 Å². The summed E-state index contributed by atoms with van der Waals surface area (Å²) in [6.45, 7) is 4.04. The van der Waals surface area contributed by atoms with Crippen molar-refractivity contribution in [3.63, 3.8) is 0 Å². The molecule has 0 radical (unpaired) electrons. The van der Waals surface area contributed by atoms with Crippen LogP contribution in [0.25, 0.3) is 0 Å². The largest absolute Gasteiger partial charge is 0.382 e. The van der Waals surface area contributed by atoms with E-state index < -0.39 is 4.92 Å². The highest BCUT2D eigenvalue weighted by Crippen LogP contribution is 2.29. The van der Waals surface area contributed by atoms with Crippen molar-refractivity contribution in [1.29, 1.82) is 0 Å². The van der Waals surface area contributed by atoms with Gasteiger partial charge in [-0.2, -0.15) is 0 Å². The molecule has 1 rings (SSSR count). The summed E-state index contributed by atoms with van der Waals surface area (Å²) in [6.07, 6.45) is 1.70. The minimum Gasteiger partial charge on any atom is -0.382 e. The lowest BCUT2D eigenvalue weighted by atomic mass is 10.1. The monoisotopic (exact) mass is 279 g/mol. The van der Waals surface area contributed by atoms with Crippen LogP contribution in [0.5, 0.6) is 0 Å². The summed E-state index contributed by atoms with van der Waals surface area (Å²) in [5, 5.41) is 13.8. The number of rotatable bonds is 6.